The molecule has 2 N–H and O–H groups in total. The first kappa shape index (κ1) is 20.4. The molecule has 0 bridgehead atoms. The van der Waals surface area contributed by atoms with Gasteiger partial charge in [-0.05, 0) is 43.3 Å². The smallest absolute Gasteiger partial charge is 0.326 e. The third kappa shape index (κ3) is 4.23. The first-order valence-corrected chi connectivity index (χ1v) is 12.7. The number of anilines is 1. The Bertz CT molecular complexity index is 1100. The minimum Gasteiger partial charge on any atom is -0.506 e. The quantitative estimate of drug-likeness (QED) is 0.537. The van der Waals surface area contributed by atoms with Gasteiger partial charge in [-0.25, -0.2) is 13.4 Å². The maximum absolute atomic E-state index is 15.1. The molecule has 2 aromatic rings. The molecule has 0 saturated carbocycles. The van der Waals surface area contributed by atoms with Gasteiger partial charge in [0.05, 0.1) is 13.7 Å². The summed E-state index contributed by atoms with van der Waals surface area (Å²) < 4.78 is 58.6. The van der Waals surface area contributed by atoms with Crippen LogP contribution in [-0.2, 0) is 19.6 Å². The Morgan fingerprint density at radius 2 is 2.04 bits per heavy atom. The molecule has 2 aromatic carbocycles. The Morgan fingerprint density at radius 1 is 1.32 bits per heavy atom. The van der Waals surface area contributed by atoms with Gasteiger partial charge < -0.3 is 14.4 Å². The monoisotopic (exact) mass is 430 g/mol. The van der Waals surface area contributed by atoms with Crippen LogP contribution in [0.25, 0.3) is 10.8 Å². The number of nitrogens with one attached hydrogen (secondary N) is 1. The van der Waals surface area contributed by atoms with E-state index in [2.05, 4.69) is 0 Å². The Morgan fingerprint density at radius 3 is 2.64 bits per heavy atom. The van der Waals surface area contributed by atoms with Crippen molar-refractivity contribution in [1.29, 1.82) is 0 Å². The van der Waals surface area contributed by atoms with Crippen LogP contribution in [0, 0.1) is 5.82 Å². The molecule has 1 aliphatic heterocycles. The van der Waals surface area contributed by atoms with Crippen LogP contribution in [0.1, 0.15) is 6.42 Å². The zero-order valence-electron chi connectivity index (χ0n) is 15.3. The number of phenols is 1. The minimum absolute atomic E-state index is 0.0384. The molecular formula is C17H20FN2O6PS. The lowest BCUT2D eigenvalue weighted by Gasteiger charge is -2.18. The second-order valence-corrected chi connectivity index (χ2v) is 12.2. The van der Waals surface area contributed by atoms with E-state index in [0.29, 0.717) is 34.6 Å². The van der Waals surface area contributed by atoms with Crippen molar-refractivity contribution in [2.75, 3.05) is 36.9 Å². The Balaban J connectivity index is 1.93. The van der Waals surface area contributed by atoms with Gasteiger partial charge in [0.25, 0.3) is 5.91 Å². The lowest BCUT2D eigenvalue weighted by Crippen LogP contribution is -2.30. The zero-order valence-corrected chi connectivity index (χ0v) is 17.0. The molecule has 0 spiro atoms. The summed E-state index contributed by atoms with van der Waals surface area (Å²) in [6.45, 7) is 3.06. The molecule has 1 fully saturated rings. The largest absolute Gasteiger partial charge is 0.506 e. The number of amides is 1. The molecule has 1 saturated heterocycles. The summed E-state index contributed by atoms with van der Waals surface area (Å²) in [5.74, 6) is -2.05. The first-order chi connectivity index (χ1) is 13.0. The number of benzene rings is 2. The van der Waals surface area contributed by atoms with E-state index in [0.717, 1.165) is 0 Å². The predicted molar refractivity (Wildman–Crippen MR) is 104 cm³/mol. The number of fused-ring (bicyclic) bond motifs is 1. The van der Waals surface area contributed by atoms with Gasteiger partial charge in [-0.2, -0.15) is 8.42 Å². The first-order valence-electron chi connectivity index (χ1n) is 8.43. The predicted octanol–water partition coefficient (Wildman–Crippen LogP) is 2.26. The normalized spacial score (nSPS) is 16.4. The molecule has 0 radical (unpaired) electrons. The number of rotatable bonds is 6. The Kier molecular flexibility index (Phi) is 5.29. The van der Waals surface area contributed by atoms with Crippen LogP contribution in [0.3, 0.4) is 0 Å². The summed E-state index contributed by atoms with van der Waals surface area (Å²) in [6.07, 6.45) is 1.10. The topological polar surface area (TPSA) is 113 Å². The summed E-state index contributed by atoms with van der Waals surface area (Å²) in [6, 6.07) is 5.74. The molecule has 0 atom stereocenters. The highest BCUT2D eigenvalue weighted by molar-refractivity contribution is 7.92. The zero-order chi connectivity index (χ0) is 20.7. The fourth-order valence-corrected chi connectivity index (χ4v) is 4.97. The molecule has 0 unspecified atom stereocenters. The SMILES string of the molecule is CP(C)(=O)CCCOc1ccc2cc(O)c(N3CC(=O)NS3(=O)=O)c(F)c2c1. The second kappa shape index (κ2) is 7.25. The van der Waals surface area contributed by atoms with Gasteiger partial charge in [0.1, 0.15) is 23.7 Å². The molecular weight excluding hydrogens is 410 g/mol. The average Bonchev–Trinajstić information content (AvgIpc) is 2.83. The molecule has 0 aromatic heterocycles. The summed E-state index contributed by atoms with van der Waals surface area (Å²) in [5.41, 5.74) is -0.596. The number of nitrogens with zero attached hydrogens (tertiary/aromatic N) is 1. The van der Waals surface area contributed by atoms with Crippen molar-refractivity contribution in [3.8, 4) is 11.5 Å². The van der Waals surface area contributed by atoms with Crippen molar-refractivity contribution < 1.29 is 32.0 Å². The van der Waals surface area contributed by atoms with Gasteiger partial charge in [0, 0.05) is 11.5 Å². The molecule has 0 aliphatic carbocycles. The molecule has 152 valence electrons. The van der Waals surface area contributed by atoms with Crippen LogP contribution in [0.5, 0.6) is 11.5 Å². The number of phenolic OH excluding ortho intramolecular Hbond substituents is 1. The maximum Gasteiger partial charge on any atom is 0.326 e. The van der Waals surface area contributed by atoms with Gasteiger partial charge in [0.15, 0.2) is 5.82 Å². The van der Waals surface area contributed by atoms with Gasteiger partial charge >= 0.3 is 10.2 Å². The van der Waals surface area contributed by atoms with Gasteiger partial charge in [-0.1, -0.05) is 6.07 Å². The van der Waals surface area contributed by atoms with E-state index in [4.69, 9.17) is 4.74 Å². The number of ether oxygens (including phenoxy) is 1. The van der Waals surface area contributed by atoms with Crippen LogP contribution in [-0.4, -0.2) is 52.1 Å². The molecule has 1 heterocycles. The fraction of sp³-hybridized carbons (Fsp3) is 0.353. The average molecular weight is 430 g/mol. The Hall–Kier alpha value is -2.32. The van der Waals surface area contributed by atoms with E-state index in [1.807, 2.05) is 0 Å². The fourth-order valence-electron chi connectivity index (χ4n) is 2.92. The van der Waals surface area contributed by atoms with E-state index in [1.54, 1.807) is 24.1 Å². The van der Waals surface area contributed by atoms with Crippen molar-refractivity contribution in [2.24, 2.45) is 0 Å². The second-order valence-electron chi connectivity index (χ2n) is 6.98. The maximum atomic E-state index is 15.1. The number of hydrogen-bond acceptors (Lipinski definition) is 6. The van der Waals surface area contributed by atoms with Crippen LogP contribution in [0.4, 0.5) is 10.1 Å². The van der Waals surface area contributed by atoms with Crippen LogP contribution in [0.15, 0.2) is 24.3 Å². The van der Waals surface area contributed by atoms with E-state index in [9.17, 15) is 22.9 Å². The van der Waals surface area contributed by atoms with Crippen molar-refractivity contribution in [3.63, 3.8) is 0 Å². The van der Waals surface area contributed by atoms with Gasteiger partial charge in [0.2, 0.25) is 0 Å². The van der Waals surface area contributed by atoms with Crippen molar-refractivity contribution in [3.05, 3.63) is 30.1 Å². The molecule has 3 rings (SSSR count). The van der Waals surface area contributed by atoms with Gasteiger partial charge in [-0.3, -0.25) is 4.79 Å². The van der Waals surface area contributed by atoms with Crippen LogP contribution >= 0.6 is 7.14 Å². The third-order valence-electron chi connectivity index (χ3n) is 4.18. The number of carbonyl (C=O) groups excluding carboxylic acids is 1. The highest BCUT2D eigenvalue weighted by atomic mass is 32.2. The molecule has 11 heteroatoms. The van der Waals surface area contributed by atoms with Crippen molar-refractivity contribution in [1.82, 2.24) is 4.72 Å². The number of carbonyl (C=O) groups is 1. The summed E-state index contributed by atoms with van der Waals surface area (Å²) in [4.78, 5) is 11.4. The van der Waals surface area contributed by atoms with E-state index in [-0.39, 0.29) is 5.39 Å². The summed E-state index contributed by atoms with van der Waals surface area (Å²) in [5, 5.41) is 10.5. The Labute approximate surface area is 161 Å². The number of halogens is 1. The standard InChI is InChI=1S/C17H20FN2O6PS/c1-27(2,23)7-3-6-26-12-5-4-11-8-14(21)17(16(18)13(11)9-12)20-10-15(22)19-28(20,24)25/h4-5,8-9,21H,3,6-7,10H2,1-2H3,(H,19,22). The third-order valence-corrected chi connectivity index (χ3v) is 6.95. The highest BCUT2D eigenvalue weighted by Crippen LogP contribution is 2.39. The summed E-state index contributed by atoms with van der Waals surface area (Å²) in [7, 11) is -6.41. The van der Waals surface area contributed by atoms with E-state index >= 15 is 4.39 Å². The van der Waals surface area contributed by atoms with Crippen LogP contribution in [0.2, 0.25) is 0 Å². The minimum atomic E-state index is -4.27. The van der Waals surface area contributed by atoms with Gasteiger partial charge in [-0.15, -0.1) is 0 Å². The van der Waals surface area contributed by atoms with Crippen molar-refractivity contribution in [2.45, 2.75) is 6.42 Å². The summed E-state index contributed by atoms with van der Waals surface area (Å²) >= 11 is 0. The van der Waals surface area contributed by atoms with Crippen molar-refractivity contribution >= 4 is 39.7 Å². The molecule has 8 nitrogen and oxygen atoms in total. The van der Waals surface area contributed by atoms with Crippen LogP contribution < -0.4 is 13.8 Å². The molecule has 1 amide bonds. The molecule has 28 heavy (non-hydrogen) atoms. The van der Waals surface area contributed by atoms with E-state index < -0.39 is 47.1 Å². The van der Waals surface area contributed by atoms with E-state index in [1.165, 1.54) is 18.2 Å². The number of hydrogen-bond donors (Lipinski definition) is 2. The molecule has 1 aliphatic rings. The highest BCUT2D eigenvalue weighted by Gasteiger charge is 2.37. The number of aromatic hydroxyl groups is 1. The lowest BCUT2D eigenvalue weighted by molar-refractivity contribution is -0.117. The lowest BCUT2D eigenvalue weighted by atomic mass is 10.1.